The predicted octanol–water partition coefficient (Wildman–Crippen LogP) is 2.34. The fourth-order valence-corrected chi connectivity index (χ4v) is 2.72. The van der Waals surface area contributed by atoms with Gasteiger partial charge in [-0.15, -0.1) is 10.2 Å². The number of hydrogen-bond acceptors (Lipinski definition) is 6. The Morgan fingerprint density at radius 2 is 1.82 bits per heavy atom. The summed E-state index contributed by atoms with van der Waals surface area (Å²) in [5.74, 6) is 0.151. The van der Waals surface area contributed by atoms with Gasteiger partial charge in [0.25, 0.3) is 5.91 Å². The molecule has 144 valence electrons. The van der Waals surface area contributed by atoms with E-state index in [0.29, 0.717) is 5.82 Å². The van der Waals surface area contributed by atoms with Crippen molar-refractivity contribution in [1.82, 2.24) is 25.6 Å². The third-order valence-corrected chi connectivity index (χ3v) is 4.19. The maximum absolute atomic E-state index is 12.0. The van der Waals surface area contributed by atoms with E-state index in [2.05, 4.69) is 44.7 Å². The molecule has 1 heterocycles. The van der Waals surface area contributed by atoms with Crippen molar-refractivity contribution in [3.05, 3.63) is 60.2 Å². The summed E-state index contributed by atoms with van der Waals surface area (Å²) in [7, 11) is 0. The number of amides is 1. The van der Waals surface area contributed by atoms with Gasteiger partial charge in [-0.2, -0.15) is 9.90 Å². The zero-order chi connectivity index (χ0) is 19.8. The standard InChI is InChI=1S/C20H23N7O/c1-3-26(4-2)18-12-10-16(11-13-18)14-21-22-19(28)15-27-24-20(23-25-27)17-8-6-5-7-9-17/h5-14H,3-4,15H2,1-2H3,(H,22,28)/b21-14+. The Balaban J connectivity index is 1.52. The number of aromatic nitrogens is 4. The molecule has 0 aliphatic heterocycles. The second-order valence-electron chi connectivity index (χ2n) is 6.07. The zero-order valence-corrected chi connectivity index (χ0v) is 16.0. The second-order valence-corrected chi connectivity index (χ2v) is 6.07. The molecule has 1 N–H and O–H groups in total. The molecule has 3 rings (SSSR count). The fourth-order valence-electron chi connectivity index (χ4n) is 2.72. The lowest BCUT2D eigenvalue weighted by atomic mass is 10.2. The highest BCUT2D eigenvalue weighted by Crippen LogP contribution is 2.14. The maximum atomic E-state index is 12.0. The summed E-state index contributed by atoms with van der Waals surface area (Å²) in [4.78, 5) is 15.5. The molecule has 28 heavy (non-hydrogen) atoms. The molecule has 0 aliphatic rings. The van der Waals surface area contributed by atoms with Crippen molar-refractivity contribution in [2.75, 3.05) is 18.0 Å². The molecule has 0 atom stereocenters. The zero-order valence-electron chi connectivity index (χ0n) is 16.0. The van der Waals surface area contributed by atoms with Gasteiger partial charge in [0, 0.05) is 24.3 Å². The van der Waals surface area contributed by atoms with Crippen molar-refractivity contribution in [3.63, 3.8) is 0 Å². The summed E-state index contributed by atoms with van der Waals surface area (Å²) < 4.78 is 0. The van der Waals surface area contributed by atoms with Crippen LogP contribution < -0.4 is 10.3 Å². The predicted molar refractivity (Wildman–Crippen MR) is 109 cm³/mol. The molecular weight excluding hydrogens is 354 g/mol. The highest BCUT2D eigenvalue weighted by atomic mass is 16.2. The van der Waals surface area contributed by atoms with Crippen molar-refractivity contribution in [2.24, 2.45) is 5.10 Å². The molecule has 0 spiro atoms. The van der Waals surface area contributed by atoms with Gasteiger partial charge in [0.2, 0.25) is 5.82 Å². The molecule has 0 radical (unpaired) electrons. The number of nitrogens with zero attached hydrogens (tertiary/aromatic N) is 6. The lowest BCUT2D eigenvalue weighted by molar-refractivity contribution is -0.122. The third kappa shape index (κ3) is 5.00. The van der Waals surface area contributed by atoms with Crippen molar-refractivity contribution in [1.29, 1.82) is 0 Å². The van der Waals surface area contributed by atoms with Gasteiger partial charge < -0.3 is 4.90 Å². The van der Waals surface area contributed by atoms with Gasteiger partial charge in [0.05, 0.1) is 6.21 Å². The molecule has 0 unspecified atom stereocenters. The number of tetrazole rings is 1. The third-order valence-electron chi connectivity index (χ3n) is 4.19. The normalized spacial score (nSPS) is 10.9. The smallest absolute Gasteiger partial charge is 0.263 e. The number of rotatable bonds is 8. The lowest BCUT2D eigenvalue weighted by Crippen LogP contribution is -2.24. The van der Waals surface area contributed by atoms with Crippen LogP contribution in [0.3, 0.4) is 0 Å². The number of hydrogen-bond donors (Lipinski definition) is 1. The van der Waals surface area contributed by atoms with E-state index in [0.717, 1.165) is 29.9 Å². The summed E-state index contributed by atoms with van der Waals surface area (Å²) in [6.45, 7) is 6.12. The average molecular weight is 377 g/mol. The Hall–Kier alpha value is -3.55. The number of carbonyl (C=O) groups is 1. The molecular formula is C20H23N7O. The topological polar surface area (TPSA) is 88.3 Å². The Kier molecular flexibility index (Phi) is 6.46. The van der Waals surface area contributed by atoms with E-state index in [1.165, 1.54) is 4.80 Å². The Morgan fingerprint density at radius 1 is 1.11 bits per heavy atom. The Bertz CT molecular complexity index is 915. The van der Waals surface area contributed by atoms with E-state index in [1.807, 2.05) is 54.6 Å². The van der Waals surface area contributed by atoms with Gasteiger partial charge in [-0.3, -0.25) is 4.79 Å². The molecule has 2 aromatic carbocycles. The van der Waals surface area contributed by atoms with Crippen LogP contribution in [-0.4, -0.2) is 45.4 Å². The quantitative estimate of drug-likeness (QED) is 0.481. The van der Waals surface area contributed by atoms with Crippen LogP contribution >= 0.6 is 0 Å². The van der Waals surface area contributed by atoms with Crippen molar-refractivity contribution >= 4 is 17.8 Å². The van der Waals surface area contributed by atoms with Gasteiger partial charge in [-0.1, -0.05) is 42.5 Å². The monoisotopic (exact) mass is 377 g/mol. The average Bonchev–Trinajstić information content (AvgIpc) is 3.19. The Labute approximate surface area is 163 Å². The van der Waals surface area contributed by atoms with E-state index < -0.39 is 0 Å². The first-order valence-electron chi connectivity index (χ1n) is 9.19. The van der Waals surface area contributed by atoms with E-state index in [9.17, 15) is 4.79 Å². The summed E-state index contributed by atoms with van der Waals surface area (Å²) >= 11 is 0. The first-order valence-corrected chi connectivity index (χ1v) is 9.19. The molecule has 0 fully saturated rings. The SMILES string of the molecule is CCN(CC)c1ccc(/C=N/NC(=O)Cn2nnc(-c3ccccc3)n2)cc1. The van der Waals surface area contributed by atoms with E-state index in [-0.39, 0.29) is 12.5 Å². The lowest BCUT2D eigenvalue weighted by Gasteiger charge is -2.20. The first kappa shape index (κ1) is 19.2. The number of nitrogens with one attached hydrogen (secondary N) is 1. The summed E-state index contributed by atoms with van der Waals surface area (Å²) in [6.07, 6.45) is 1.61. The van der Waals surface area contributed by atoms with Crippen LogP contribution in [0, 0.1) is 0 Å². The highest BCUT2D eigenvalue weighted by molar-refractivity contribution is 5.82. The van der Waals surface area contributed by atoms with Crippen LogP contribution in [0.4, 0.5) is 5.69 Å². The number of carbonyl (C=O) groups excluding carboxylic acids is 1. The van der Waals surface area contributed by atoms with Crippen LogP contribution in [0.15, 0.2) is 59.7 Å². The highest BCUT2D eigenvalue weighted by Gasteiger charge is 2.08. The maximum Gasteiger partial charge on any atom is 0.263 e. The van der Waals surface area contributed by atoms with Crippen molar-refractivity contribution in [2.45, 2.75) is 20.4 Å². The first-order chi connectivity index (χ1) is 13.7. The molecule has 8 heteroatoms. The summed E-state index contributed by atoms with van der Waals surface area (Å²) in [5.41, 5.74) is 5.40. The minimum atomic E-state index is -0.326. The van der Waals surface area contributed by atoms with E-state index in [4.69, 9.17) is 0 Å². The van der Waals surface area contributed by atoms with Crippen LogP contribution in [0.1, 0.15) is 19.4 Å². The van der Waals surface area contributed by atoms with Crippen LogP contribution in [-0.2, 0) is 11.3 Å². The van der Waals surface area contributed by atoms with Gasteiger partial charge >= 0.3 is 0 Å². The fraction of sp³-hybridized carbons (Fsp3) is 0.250. The van der Waals surface area contributed by atoms with Gasteiger partial charge in [0.15, 0.2) is 0 Å². The molecule has 8 nitrogen and oxygen atoms in total. The van der Waals surface area contributed by atoms with Crippen LogP contribution in [0.2, 0.25) is 0 Å². The minimum absolute atomic E-state index is 0.0575. The van der Waals surface area contributed by atoms with Crippen LogP contribution in [0.25, 0.3) is 11.4 Å². The molecule has 1 amide bonds. The van der Waals surface area contributed by atoms with Crippen molar-refractivity contribution < 1.29 is 4.79 Å². The number of benzene rings is 2. The van der Waals surface area contributed by atoms with Gasteiger partial charge in [0.1, 0.15) is 6.54 Å². The Morgan fingerprint density at radius 3 is 2.50 bits per heavy atom. The molecule has 0 bridgehead atoms. The summed E-state index contributed by atoms with van der Waals surface area (Å²) in [5, 5.41) is 16.1. The largest absolute Gasteiger partial charge is 0.372 e. The van der Waals surface area contributed by atoms with E-state index >= 15 is 0 Å². The van der Waals surface area contributed by atoms with E-state index in [1.54, 1.807) is 6.21 Å². The van der Waals surface area contributed by atoms with Gasteiger partial charge in [-0.25, -0.2) is 5.43 Å². The molecule has 1 aromatic heterocycles. The molecule has 0 aliphatic carbocycles. The minimum Gasteiger partial charge on any atom is -0.372 e. The summed E-state index contributed by atoms with van der Waals surface area (Å²) in [6, 6.07) is 17.5. The number of hydrazone groups is 1. The van der Waals surface area contributed by atoms with Crippen molar-refractivity contribution in [3.8, 4) is 11.4 Å². The number of anilines is 1. The molecule has 0 saturated heterocycles. The molecule has 0 saturated carbocycles. The van der Waals surface area contributed by atoms with Gasteiger partial charge in [-0.05, 0) is 36.8 Å². The molecule has 3 aromatic rings. The second kappa shape index (κ2) is 9.40. The van der Waals surface area contributed by atoms with Crippen LogP contribution in [0.5, 0.6) is 0 Å².